The number of halogens is 1. The Bertz CT molecular complexity index is 1060. The van der Waals surface area contributed by atoms with Gasteiger partial charge in [0.25, 0.3) is 5.69 Å². The average molecular weight is 479 g/mol. The highest BCUT2D eigenvalue weighted by Crippen LogP contribution is 2.45. The van der Waals surface area contributed by atoms with Gasteiger partial charge in [0, 0.05) is 11.6 Å². The van der Waals surface area contributed by atoms with Crippen molar-refractivity contribution in [3.63, 3.8) is 0 Å². The molecular weight excluding hydrogens is 465 g/mol. The summed E-state index contributed by atoms with van der Waals surface area (Å²) < 4.78 is 11.9. The Morgan fingerprint density at radius 1 is 1.33 bits per heavy atom. The van der Waals surface area contributed by atoms with Gasteiger partial charge in [0.05, 0.1) is 13.9 Å². The number of nitrogens with two attached hydrogens (primary N) is 1. The van der Waals surface area contributed by atoms with Gasteiger partial charge in [-0.05, 0) is 47.4 Å². The number of furan rings is 1. The van der Waals surface area contributed by atoms with Crippen molar-refractivity contribution in [1.29, 1.82) is 0 Å². The van der Waals surface area contributed by atoms with Crippen LogP contribution in [0.15, 0.2) is 40.9 Å². The molecule has 9 heteroatoms. The van der Waals surface area contributed by atoms with Gasteiger partial charge >= 0.3 is 6.09 Å². The van der Waals surface area contributed by atoms with E-state index < -0.39 is 16.6 Å². The fourth-order valence-electron chi connectivity index (χ4n) is 3.29. The van der Waals surface area contributed by atoms with Crippen molar-refractivity contribution in [2.24, 2.45) is 5.73 Å². The highest BCUT2D eigenvalue weighted by molar-refractivity contribution is 14.1. The molecular formula is C18H14IN3O5. The number of carbonyl (C=O) groups excluding carboxylic acids is 1. The van der Waals surface area contributed by atoms with Crippen LogP contribution in [0, 0.1) is 13.7 Å². The molecule has 138 valence electrons. The molecule has 1 amide bonds. The molecule has 1 aliphatic rings. The number of ether oxygens (including phenoxy) is 1. The van der Waals surface area contributed by atoms with E-state index in [0.29, 0.717) is 16.9 Å². The molecule has 2 N–H and O–H groups in total. The van der Waals surface area contributed by atoms with Gasteiger partial charge in [-0.1, -0.05) is 24.3 Å². The zero-order chi connectivity index (χ0) is 19.2. The lowest BCUT2D eigenvalue weighted by molar-refractivity contribution is -0.385. The van der Waals surface area contributed by atoms with E-state index in [9.17, 15) is 14.9 Å². The lowest BCUT2D eigenvalue weighted by Gasteiger charge is -2.40. The molecule has 0 aliphatic heterocycles. The third kappa shape index (κ3) is 3.01. The van der Waals surface area contributed by atoms with E-state index in [4.69, 9.17) is 14.9 Å². The van der Waals surface area contributed by atoms with Crippen LogP contribution in [-0.4, -0.2) is 16.0 Å². The first-order chi connectivity index (χ1) is 12.9. The van der Waals surface area contributed by atoms with Crippen LogP contribution in [0.4, 0.5) is 10.5 Å². The summed E-state index contributed by atoms with van der Waals surface area (Å²) in [7, 11) is 0. The SMILES string of the molecule is NC(=O)OC1(c2ccc(-c3oc4ncc([N+](=O)[O-])cc4c3I)cc2)CCC1. The highest BCUT2D eigenvalue weighted by Gasteiger charge is 2.42. The Hall–Kier alpha value is -2.69. The molecule has 2 heterocycles. The van der Waals surface area contributed by atoms with Gasteiger partial charge in [0.1, 0.15) is 11.8 Å². The molecule has 1 aromatic carbocycles. The van der Waals surface area contributed by atoms with Crippen LogP contribution < -0.4 is 5.73 Å². The summed E-state index contributed by atoms with van der Waals surface area (Å²) in [6.07, 6.45) is 2.85. The van der Waals surface area contributed by atoms with Gasteiger partial charge < -0.3 is 14.9 Å². The maximum atomic E-state index is 11.2. The van der Waals surface area contributed by atoms with Gasteiger partial charge in [-0.15, -0.1) is 0 Å². The minimum Gasteiger partial charge on any atom is -0.438 e. The van der Waals surface area contributed by atoms with E-state index in [0.717, 1.165) is 34.0 Å². The third-order valence-electron chi connectivity index (χ3n) is 4.81. The first-order valence-corrected chi connectivity index (χ1v) is 9.29. The van der Waals surface area contributed by atoms with Crippen molar-refractivity contribution < 1.29 is 18.9 Å². The van der Waals surface area contributed by atoms with Crippen LogP contribution >= 0.6 is 22.6 Å². The van der Waals surface area contributed by atoms with Crippen molar-refractivity contribution in [2.75, 3.05) is 0 Å². The Morgan fingerprint density at radius 2 is 2.04 bits per heavy atom. The fraction of sp³-hybridized carbons (Fsp3) is 0.222. The smallest absolute Gasteiger partial charge is 0.405 e. The van der Waals surface area contributed by atoms with E-state index in [1.807, 2.05) is 24.3 Å². The summed E-state index contributed by atoms with van der Waals surface area (Å²) in [6, 6.07) is 8.96. The number of primary amides is 1. The Morgan fingerprint density at radius 3 is 2.59 bits per heavy atom. The number of nitro groups is 1. The first-order valence-electron chi connectivity index (χ1n) is 8.21. The molecule has 0 bridgehead atoms. The Kier molecular flexibility index (Phi) is 4.25. The maximum absolute atomic E-state index is 11.2. The van der Waals surface area contributed by atoms with Crippen LogP contribution in [0.25, 0.3) is 22.4 Å². The standard InChI is InChI=1S/C18H14IN3O5/c19-14-13-8-12(22(24)25)9-21-16(13)26-15(14)10-2-4-11(5-3-10)18(6-1-7-18)27-17(20)23/h2-5,8-9H,1,6-7H2,(H2,20,23). The number of nitrogens with zero attached hydrogens (tertiary/aromatic N) is 2. The van der Waals surface area contributed by atoms with Gasteiger partial charge in [-0.3, -0.25) is 10.1 Å². The topological polar surface area (TPSA) is 121 Å². The average Bonchev–Trinajstić information content (AvgIpc) is 2.94. The Labute approximate surface area is 167 Å². The van der Waals surface area contributed by atoms with Crippen molar-refractivity contribution in [2.45, 2.75) is 24.9 Å². The van der Waals surface area contributed by atoms with E-state index in [2.05, 4.69) is 27.6 Å². The molecule has 27 heavy (non-hydrogen) atoms. The number of hydrogen-bond donors (Lipinski definition) is 1. The lowest BCUT2D eigenvalue weighted by atomic mass is 9.74. The van der Waals surface area contributed by atoms with Crippen LogP contribution in [0.3, 0.4) is 0 Å². The van der Waals surface area contributed by atoms with Crippen LogP contribution in [-0.2, 0) is 10.3 Å². The number of carbonyl (C=O) groups is 1. The van der Waals surface area contributed by atoms with Crippen molar-refractivity contribution in [3.05, 3.63) is 55.8 Å². The monoisotopic (exact) mass is 479 g/mol. The number of amides is 1. The summed E-state index contributed by atoms with van der Waals surface area (Å²) >= 11 is 2.09. The Balaban J connectivity index is 1.71. The molecule has 0 unspecified atom stereocenters. The second-order valence-corrected chi connectivity index (χ2v) is 7.47. The first kappa shape index (κ1) is 17.7. The summed E-state index contributed by atoms with van der Waals surface area (Å²) in [6.45, 7) is 0. The molecule has 1 saturated carbocycles. The lowest BCUT2D eigenvalue weighted by Crippen LogP contribution is -2.40. The molecule has 8 nitrogen and oxygen atoms in total. The highest BCUT2D eigenvalue weighted by atomic mass is 127. The number of rotatable bonds is 4. The van der Waals surface area contributed by atoms with Gasteiger partial charge in [0.2, 0.25) is 5.71 Å². The molecule has 0 saturated heterocycles. The fourth-order valence-corrected chi connectivity index (χ4v) is 4.10. The minimum absolute atomic E-state index is 0.0846. The summed E-state index contributed by atoms with van der Waals surface area (Å²) in [4.78, 5) is 25.7. The minimum atomic E-state index is -0.779. The van der Waals surface area contributed by atoms with Gasteiger partial charge in [-0.25, -0.2) is 9.78 Å². The summed E-state index contributed by atoms with van der Waals surface area (Å²) in [5.74, 6) is 0.587. The van der Waals surface area contributed by atoms with Crippen molar-refractivity contribution in [3.8, 4) is 11.3 Å². The molecule has 2 aromatic heterocycles. The zero-order valence-electron chi connectivity index (χ0n) is 14.0. The molecule has 4 rings (SSSR count). The molecule has 0 atom stereocenters. The van der Waals surface area contributed by atoms with Gasteiger partial charge in [0.15, 0.2) is 5.76 Å². The summed E-state index contributed by atoms with van der Waals surface area (Å²) in [5, 5.41) is 11.6. The third-order valence-corrected chi connectivity index (χ3v) is 5.88. The van der Waals surface area contributed by atoms with E-state index in [-0.39, 0.29) is 5.69 Å². The molecule has 1 aliphatic carbocycles. The predicted octanol–water partition coefficient (Wildman–Crippen LogP) is 4.48. The van der Waals surface area contributed by atoms with E-state index in [1.54, 1.807) is 0 Å². The van der Waals surface area contributed by atoms with Crippen LogP contribution in [0.5, 0.6) is 0 Å². The maximum Gasteiger partial charge on any atom is 0.405 e. The molecule has 1 fully saturated rings. The van der Waals surface area contributed by atoms with E-state index in [1.165, 1.54) is 12.3 Å². The number of benzene rings is 1. The van der Waals surface area contributed by atoms with Crippen molar-refractivity contribution in [1.82, 2.24) is 4.98 Å². The number of hydrogen-bond acceptors (Lipinski definition) is 6. The number of fused-ring (bicyclic) bond motifs is 1. The van der Waals surface area contributed by atoms with Crippen LogP contribution in [0.1, 0.15) is 24.8 Å². The summed E-state index contributed by atoms with van der Waals surface area (Å²) in [5.41, 5.74) is 6.51. The molecule has 3 aromatic rings. The zero-order valence-corrected chi connectivity index (χ0v) is 16.1. The molecule has 0 spiro atoms. The second-order valence-electron chi connectivity index (χ2n) is 6.39. The predicted molar refractivity (Wildman–Crippen MR) is 105 cm³/mol. The van der Waals surface area contributed by atoms with Gasteiger partial charge in [-0.2, -0.15) is 0 Å². The normalized spacial score (nSPS) is 15.3. The largest absolute Gasteiger partial charge is 0.438 e. The molecule has 0 radical (unpaired) electrons. The second kappa shape index (κ2) is 6.48. The van der Waals surface area contributed by atoms with Crippen molar-refractivity contribution >= 4 is 45.5 Å². The number of aromatic nitrogens is 1. The quantitative estimate of drug-likeness (QED) is 0.335. The van der Waals surface area contributed by atoms with E-state index >= 15 is 0 Å². The van der Waals surface area contributed by atoms with Crippen LogP contribution in [0.2, 0.25) is 0 Å². The number of pyridine rings is 1.